The van der Waals surface area contributed by atoms with Gasteiger partial charge in [0.1, 0.15) is 11.4 Å². The van der Waals surface area contributed by atoms with Crippen LogP contribution in [0, 0.1) is 0 Å². The van der Waals surface area contributed by atoms with E-state index in [4.69, 9.17) is 19.4 Å². The maximum Gasteiger partial charge on any atom is 0.290 e. The first-order valence-electron chi connectivity index (χ1n) is 9.43. The molecule has 10 heteroatoms. The van der Waals surface area contributed by atoms with E-state index in [0.29, 0.717) is 18.0 Å². The van der Waals surface area contributed by atoms with Crippen molar-refractivity contribution in [2.45, 2.75) is 24.7 Å². The van der Waals surface area contributed by atoms with Gasteiger partial charge < -0.3 is 19.5 Å². The Kier molecular flexibility index (Phi) is 8.43. The minimum atomic E-state index is -3.76. The molecule has 1 aromatic carbocycles. The molecule has 164 valence electrons. The van der Waals surface area contributed by atoms with E-state index in [1.807, 2.05) is 13.0 Å². The lowest BCUT2D eigenvalue weighted by Crippen LogP contribution is -2.20. The van der Waals surface area contributed by atoms with Crippen LogP contribution in [0.15, 0.2) is 35.2 Å². The zero-order chi connectivity index (χ0) is 22.1. The molecular formula is C20H27N3O6S. The third kappa shape index (κ3) is 6.07. The second-order valence-corrected chi connectivity index (χ2v) is 8.25. The first-order valence-corrected chi connectivity index (χ1v) is 10.9. The van der Waals surface area contributed by atoms with E-state index in [-0.39, 0.29) is 17.2 Å². The van der Waals surface area contributed by atoms with Gasteiger partial charge in [0, 0.05) is 25.2 Å². The molecule has 0 saturated heterocycles. The van der Waals surface area contributed by atoms with Gasteiger partial charge in [-0.25, -0.2) is 13.4 Å². The molecular weight excluding hydrogens is 410 g/mol. The van der Waals surface area contributed by atoms with Crippen molar-refractivity contribution in [3.63, 3.8) is 0 Å². The summed E-state index contributed by atoms with van der Waals surface area (Å²) in [5.74, 6) is 0.915. The van der Waals surface area contributed by atoms with Crippen molar-refractivity contribution in [3.05, 3.63) is 41.6 Å². The predicted molar refractivity (Wildman–Crippen MR) is 113 cm³/mol. The van der Waals surface area contributed by atoms with Gasteiger partial charge in [-0.05, 0) is 56.3 Å². The van der Waals surface area contributed by atoms with Gasteiger partial charge in [0.15, 0.2) is 0 Å². The molecule has 0 amide bonds. The largest absolute Gasteiger partial charge is 0.494 e. The highest BCUT2D eigenvalue weighted by molar-refractivity contribution is 7.92. The Labute approximate surface area is 176 Å². The number of hydrogen-bond acceptors (Lipinski definition) is 7. The molecule has 2 heterocycles. The van der Waals surface area contributed by atoms with Crippen molar-refractivity contribution in [3.8, 4) is 11.6 Å². The lowest BCUT2D eigenvalue weighted by molar-refractivity contribution is -0.122. The van der Waals surface area contributed by atoms with Crippen molar-refractivity contribution >= 4 is 22.2 Å². The standard InChI is InChI=1S/C19H25N3O4S.CH2O2/c1-4-26-15-5-7-16(8-6-15)27(23,24)21-18-13-14-9-11-22(2)12-10-17(14)20-19(18)25-3;2-1-3/h5-8,13,21H,4,9-12H2,1-3H3;1H,(H,2,3). The molecule has 0 saturated carbocycles. The van der Waals surface area contributed by atoms with Crippen molar-refractivity contribution in [2.24, 2.45) is 0 Å². The van der Waals surface area contributed by atoms with E-state index >= 15 is 0 Å². The van der Waals surface area contributed by atoms with Gasteiger partial charge in [0.05, 0.1) is 18.6 Å². The number of aromatic nitrogens is 1. The highest BCUT2D eigenvalue weighted by Gasteiger charge is 2.21. The van der Waals surface area contributed by atoms with E-state index < -0.39 is 10.0 Å². The highest BCUT2D eigenvalue weighted by atomic mass is 32.2. The fourth-order valence-electron chi connectivity index (χ4n) is 3.04. The molecule has 0 fully saturated rings. The third-order valence-corrected chi connectivity index (χ3v) is 5.91. The van der Waals surface area contributed by atoms with E-state index in [1.54, 1.807) is 12.1 Å². The second kappa shape index (κ2) is 10.8. The summed E-state index contributed by atoms with van der Waals surface area (Å²) < 4.78 is 38.9. The van der Waals surface area contributed by atoms with Gasteiger partial charge in [-0.2, -0.15) is 0 Å². The summed E-state index contributed by atoms with van der Waals surface area (Å²) in [7, 11) is -0.200. The van der Waals surface area contributed by atoms with Crippen LogP contribution in [0.4, 0.5) is 5.69 Å². The molecule has 0 aliphatic carbocycles. The van der Waals surface area contributed by atoms with Crippen LogP contribution < -0.4 is 14.2 Å². The minimum absolute atomic E-state index is 0.155. The van der Waals surface area contributed by atoms with Gasteiger partial charge in [0.25, 0.3) is 16.5 Å². The number of carbonyl (C=O) groups is 1. The van der Waals surface area contributed by atoms with Crippen LogP contribution in [0.1, 0.15) is 18.2 Å². The Morgan fingerprint density at radius 1 is 1.23 bits per heavy atom. The number of nitrogens with zero attached hydrogens (tertiary/aromatic N) is 2. The summed E-state index contributed by atoms with van der Waals surface area (Å²) in [6.45, 7) is 3.98. The van der Waals surface area contributed by atoms with Gasteiger partial charge >= 0.3 is 0 Å². The minimum Gasteiger partial charge on any atom is -0.494 e. The molecule has 0 radical (unpaired) electrons. The van der Waals surface area contributed by atoms with Crippen LogP contribution in [0.3, 0.4) is 0 Å². The second-order valence-electron chi connectivity index (χ2n) is 6.57. The smallest absolute Gasteiger partial charge is 0.290 e. The summed E-state index contributed by atoms with van der Waals surface area (Å²) in [6.07, 6.45) is 1.63. The van der Waals surface area contributed by atoms with Gasteiger partial charge in [0.2, 0.25) is 5.88 Å². The van der Waals surface area contributed by atoms with Crippen molar-refractivity contribution < 1.29 is 27.8 Å². The summed E-state index contributed by atoms with van der Waals surface area (Å²) in [4.78, 5) is 15.3. The molecule has 0 bridgehead atoms. The molecule has 0 atom stereocenters. The van der Waals surface area contributed by atoms with Crippen molar-refractivity contribution in [1.29, 1.82) is 0 Å². The summed E-state index contributed by atoms with van der Waals surface area (Å²) in [5.41, 5.74) is 2.36. The van der Waals surface area contributed by atoms with E-state index in [9.17, 15) is 8.42 Å². The van der Waals surface area contributed by atoms with Crippen LogP contribution in [0.25, 0.3) is 0 Å². The first kappa shape index (κ1) is 23.4. The first-order chi connectivity index (χ1) is 14.3. The monoisotopic (exact) mass is 437 g/mol. The van der Waals surface area contributed by atoms with Crippen LogP contribution in [0.5, 0.6) is 11.6 Å². The Morgan fingerprint density at radius 2 is 1.87 bits per heavy atom. The Bertz CT molecular complexity index is 948. The van der Waals surface area contributed by atoms with Crippen LogP contribution >= 0.6 is 0 Å². The third-order valence-electron chi connectivity index (χ3n) is 4.53. The maximum atomic E-state index is 12.8. The fourth-order valence-corrected chi connectivity index (χ4v) is 4.09. The van der Waals surface area contributed by atoms with Gasteiger partial charge in [-0.3, -0.25) is 9.52 Å². The number of sulfonamides is 1. The number of fused-ring (bicyclic) bond motifs is 1. The zero-order valence-corrected chi connectivity index (χ0v) is 18.1. The normalized spacial score (nSPS) is 13.8. The maximum absolute atomic E-state index is 12.8. The van der Waals surface area contributed by atoms with Crippen LogP contribution in [-0.4, -0.2) is 63.7 Å². The summed E-state index contributed by atoms with van der Waals surface area (Å²) in [6, 6.07) is 8.16. The number of hydrogen-bond donors (Lipinski definition) is 2. The number of benzene rings is 1. The molecule has 1 aromatic heterocycles. The van der Waals surface area contributed by atoms with E-state index in [2.05, 4.69) is 21.7 Å². The van der Waals surface area contributed by atoms with Gasteiger partial charge in [-0.1, -0.05) is 0 Å². The molecule has 0 unspecified atom stereocenters. The molecule has 0 spiro atoms. The lowest BCUT2D eigenvalue weighted by atomic mass is 10.1. The highest BCUT2D eigenvalue weighted by Crippen LogP contribution is 2.29. The topological polar surface area (TPSA) is 118 Å². The van der Waals surface area contributed by atoms with Gasteiger partial charge in [-0.15, -0.1) is 0 Å². The van der Waals surface area contributed by atoms with E-state index in [0.717, 1.165) is 37.2 Å². The fraction of sp³-hybridized carbons (Fsp3) is 0.400. The van der Waals surface area contributed by atoms with E-state index in [1.165, 1.54) is 19.2 Å². The average Bonchev–Trinajstić information content (AvgIpc) is 2.90. The van der Waals surface area contributed by atoms with Crippen molar-refractivity contribution in [1.82, 2.24) is 9.88 Å². The van der Waals surface area contributed by atoms with Crippen molar-refractivity contribution in [2.75, 3.05) is 38.6 Å². The number of pyridine rings is 1. The average molecular weight is 438 g/mol. The molecule has 1 aliphatic heterocycles. The molecule has 1 aliphatic rings. The Balaban J connectivity index is 0.00000101. The number of carboxylic acid groups (broad SMARTS) is 1. The number of likely N-dealkylation sites (N-methyl/N-ethyl adjacent to an activating group) is 1. The number of rotatable bonds is 6. The molecule has 9 nitrogen and oxygen atoms in total. The number of methoxy groups -OCH3 is 1. The molecule has 2 aromatic rings. The Hall–Kier alpha value is -2.85. The predicted octanol–water partition coefficient (Wildman–Crippen LogP) is 2.02. The number of anilines is 1. The summed E-state index contributed by atoms with van der Waals surface area (Å²) in [5, 5.41) is 6.89. The molecule has 30 heavy (non-hydrogen) atoms. The quantitative estimate of drug-likeness (QED) is 0.659. The van der Waals surface area contributed by atoms with Crippen LogP contribution in [0.2, 0.25) is 0 Å². The summed E-state index contributed by atoms with van der Waals surface area (Å²) >= 11 is 0. The molecule has 2 N–H and O–H groups in total. The number of ether oxygens (including phenoxy) is 2. The lowest BCUT2D eigenvalue weighted by Gasteiger charge is -2.15. The zero-order valence-electron chi connectivity index (χ0n) is 17.3. The Morgan fingerprint density at radius 3 is 2.47 bits per heavy atom. The SMILES string of the molecule is CCOc1ccc(S(=O)(=O)Nc2cc3c(nc2OC)CCN(C)CC3)cc1.O=CO. The van der Waals surface area contributed by atoms with Crippen LogP contribution in [-0.2, 0) is 27.7 Å². The number of nitrogens with one attached hydrogen (secondary N) is 1. The molecule has 3 rings (SSSR count).